The third-order valence-corrected chi connectivity index (χ3v) is 7.30. The lowest BCUT2D eigenvalue weighted by atomic mass is 9.89. The summed E-state index contributed by atoms with van der Waals surface area (Å²) in [6, 6.07) is 17.8. The third-order valence-electron chi connectivity index (χ3n) is 6.27. The van der Waals surface area contributed by atoms with Crippen molar-refractivity contribution in [1.82, 2.24) is 10.2 Å². The summed E-state index contributed by atoms with van der Waals surface area (Å²) in [6.45, 7) is 6.62. The van der Waals surface area contributed by atoms with E-state index in [1.807, 2.05) is 6.07 Å². The number of benzene rings is 2. The predicted molar refractivity (Wildman–Crippen MR) is 154 cm³/mol. The number of phenolic OH excluding ortho intramolecular Hbond substituents is 1. The molecule has 196 valence electrons. The molecule has 1 fully saturated rings. The molecule has 1 saturated heterocycles. The number of carbonyl (C=O) groups excluding carboxylic acids is 1. The summed E-state index contributed by atoms with van der Waals surface area (Å²) in [6.07, 6.45) is 5.63. The summed E-state index contributed by atoms with van der Waals surface area (Å²) in [7, 11) is 0. The Hall–Kier alpha value is -1.99. The average Bonchev–Trinajstić information content (AvgIpc) is 2.86. The van der Waals surface area contributed by atoms with Crippen LogP contribution in [0.1, 0.15) is 38.7 Å². The maximum absolute atomic E-state index is 12.3. The van der Waals surface area contributed by atoms with Crippen molar-refractivity contribution < 1.29 is 9.90 Å². The first-order valence-corrected chi connectivity index (χ1v) is 13.7. The Bertz CT molecular complexity index is 1000. The van der Waals surface area contributed by atoms with Crippen molar-refractivity contribution in [2.75, 3.05) is 19.6 Å². The highest BCUT2D eigenvalue weighted by Crippen LogP contribution is 2.24. The van der Waals surface area contributed by atoms with Gasteiger partial charge in [0.25, 0.3) is 5.91 Å². The topological polar surface area (TPSA) is 78.6 Å². The van der Waals surface area contributed by atoms with Crippen LogP contribution in [0.4, 0.5) is 0 Å². The molecule has 36 heavy (non-hydrogen) atoms. The molecule has 1 aliphatic heterocycles. The Morgan fingerprint density at radius 2 is 1.78 bits per heavy atom. The predicted octanol–water partition coefficient (Wildman–Crippen LogP) is 6.54. The lowest BCUT2D eigenvalue weighted by molar-refractivity contribution is -0.117. The van der Waals surface area contributed by atoms with Gasteiger partial charge in [0, 0.05) is 28.3 Å². The number of halogens is 3. The molecular weight excluding hydrogens is 561 g/mol. The number of piperidine rings is 1. The van der Waals surface area contributed by atoms with E-state index in [1.165, 1.54) is 24.6 Å². The fourth-order valence-corrected chi connectivity index (χ4v) is 4.89. The molecule has 1 atom stereocenters. The summed E-state index contributed by atoms with van der Waals surface area (Å²) in [5.41, 5.74) is 7.06. The molecule has 8 heteroatoms. The number of allylic oxidation sites excluding steroid dienone is 1. The van der Waals surface area contributed by atoms with E-state index in [1.54, 1.807) is 31.2 Å². The Morgan fingerprint density at radius 1 is 1.17 bits per heavy atom. The van der Waals surface area contributed by atoms with Gasteiger partial charge in [-0.05, 0) is 88.4 Å². The summed E-state index contributed by atoms with van der Waals surface area (Å²) >= 11 is 15.5. The maximum Gasteiger partial charge on any atom is 0.254 e. The van der Waals surface area contributed by atoms with Gasteiger partial charge in [-0.2, -0.15) is 0 Å². The molecule has 0 saturated carbocycles. The molecule has 1 unspecified atom stereocenters. The number of likely N-dealkylation sites (tertiary alicyclic amines) is 1. The normalized spacial score (nSPS) is 16.4. The number of hydrogen-bond donors (Lipinski definition) is 3. The number of aromatic hydroxyl groups is 1. The van der Waals surface area contributed by atoms with Crippen LogP contribution in [0.25, 0.3) is 0 Å². The van der Waals surface area contributed by atoms with Crippen molar-refractivity contribution in [3.05, 3.63) is 86.5 Å². The van der Waals surface area contributed by atoms with E-state index < -0.39 is 0 Å². The lowest BCUT2D eigenvalue weighted by Crippen LogP contribution is -2.42. The quantitative estimate of drug-likeness (QED) is 0.239. The van der Waals surface area contributed by atoms with Crippen molar-refractivity contribution in [2.45, 2.75) is 45.6 Å². The molecule has 2 aromatic rings. The Labute approximate surface area is 233 Å². The number of phenols is 1. The number of para-hydroxylation sites is 1. The Balaban J connectivity index is 0.000000558. The van der Waals surface area contributed by atoms with Crippen molar-refractivity contribution in [3.63, 3.8) is 0 Å². The zero-order valence-electron chi connectivity index (χ0n) is 20.9. The zero-order valence-corrected chi connectivity index (χ0v) is 24.0. The van der Waals surface area contributed by atoms with E-state index in [4.69, 9.17) is 34.0 Å². The fourth-order valence-electron chi connectivity index (χ4n) is 4.16. The zero-order chi connectivity index (χ0) is 26.5. The first-order valence-electron chi connectivity index (χ1n) is 12.2. The second kappa shape index (κ2) is 16.0. The monoisotopic (exact) mass is 595 g/mol. The SMILES string of the molecule is C/C(Cl)=C(C(=O)NCCC(C)N1CCC(Cc2ccc(Br)cc2)CC1)\C(Cl)=C/N.Oc1ccccc1. The molecule has 0 radical (unpaired) electrons. The summed E-state index contributed by atoms with van der Waals surface area (Å²) < 4.78 is 1.13. The van der Waals surface area contributed by atoms with Crippen LogP contribution in [0.3, 0.4) is 0 Å². The molecule has 1 amide bonds. The summed E-state index contributed by atoms with van der Waals surface area (Å²) in [5.74, 6) is 0.774. The Kier molecular flexibility index (Phi) is 13.4. The van der Waals surface area contributed by atoms with Crippen LogP contribution in [-0.4, -0.2) is 41.6 Å². The van der Waals surface area contributed by atoms with Gasteiger partial charge in [-0.3, -0.25) is 4.79 Å². The summed E-state index contributed by atoms with van der Waals surface area (Å²) in [5, 5.41) is 12.0. The summed E-state index contributed by atoms with van der Waals surface area (Å²) in [4.78, 5) is 14.8. The van der Waals surface area contributed by atoms with Crippen LogP contribution in [0.15, 0.2) is 80.9 Å². The standard InChI is InChI=1S/C22H30BrCl2N3O.C6H6O/c1-15(7-10-27-22(29)21(16(2)24)20(25)14-26)28-11-8-18(9-12-28)13-17-3-5-19(23)6-4-17;7-6-4-2-1-3-5-6/h3-6,14-15,18H,7-13,26H2,1-2H3,(H,27,29);1-5,7H/b20-14+,21-16-;. The highest BCUT2D eigenvalue weighted by molar-refractivity contribution is 9.10. The molecule has 0 aromatic heterocycles. The lowest BCUT2D eigenvalue weighted by Gasteiger charge is -2.36. The van der Waals surface area contributed by atoms with Gasteiger partial charge in [-0.25, -0.2) is 0 Å². The van der Waals surface area contributed by atoms with E-state index in [2.05, 4.69) is 57.3 Å². The minimum Gasteiger partial charge on any atom is -0.508 e. The van der Waals surface area contributed by atoms with Crippen LogP contribution in [0.2, 0.25) is 0 Å². The molecule has 0 aliphatic carbocycles. The van der Waals surface area contributed by atoms with Crippen molar-refractivity contribution in [1.29, 1.82) is 0 Å². The van der Waals surface area contributed by atoms with E-state index in [-0.39, 0.29) is 16.5 Å². The van der Waals surface area contributed by atoms with Crippen LogP contribution >= 0.6 is 39.1 Å². The number of rotatable bonds is 8. The number of carbonyl (C=O) groups is 1. The molecular formula is C28H36BrCl2N3O2. The first-order chi connectivity index (χ1) is 17.2. The number of amides is 1. The van der Waals surface area contributed by atoms with Crippen LogP contribution in [0, 0.1) is 5.92 Å². The van der Waals surface area contributed by atoms with Crippen molar-refractivity contribution in [2.24, 2.45) is 11.7 Å². The molecule has 0 spiro atoms. The number of nitrogens with zero attached hydrogens (tertiary/aromatic N) is 1. The van der Waals surface area contributed by atoms with Crippen LogP contribution in [0.5, 0.6) is 5.75 Å². The number of nitrogens with one attached hydrogen (secondary N) is 1. The second-order valence-electron chi connectivity index (χ2n) is 8.96. The average molecular weight is 597 g/mol. The highest BCUT2D eigenvalue weighted by atomic mass is 79.9. The van der Waals surface area contributed by atoms with E-state index in [0.29, 0.717) is 23.4 Å². The largest absolute Gasteiger partial charge is 0.508 e. The third kappa shape index (κ3) is 10.6. The van der Waals surface area contributed by atoms with Crippen molar-refractivity contribution >= 4 is 45.0 Å². The smallest absolute Gasteiger partial charge is 0.254 e. The van der Waals surface area contributed by atoms with Gasteiger partial charge in [0.1, 0.15) is 5.75 Å². The van der Waals surface area contributed by atoms with Gasteiger partial charge in [0.2, 0.25) is 0 Å². The molecule has 5 nitrogen and oxygen atoms in total. The first kappa shape index (κ1) is 30.2. The van der Waals surface area contributed by atoms with Crippen LogP contribution < -0.4 is 11.1 Å². The molecule has 2 aromatic carbocycles. The maximum atomic E-state index is 12.3. The van der Waals surface area contributed by atoms with E-state index in [0.717, 1.165) is 36.3 Å². The van der Waals surface area contributed by atoms with Gasteiger partial charge in [0.15, 0.2) is 0 Å². The van der Waals surface area contributed by atoms with Crippen LogP contribution in [-0.2, 0) is 11.2 Å². The highest BCUT2D eigenvalue weighted by Gasteiger charge is 2.23. The fraction of sp³-hybridized carbons (Fsp3) is 0.393. The minimum absolute atomic E-state index is 0.163. The van der Waals surface area contributed by atoms with E-state index in [9.17, 15) is 4.79 Å². The van der Waals surface area contributed by atoms with Gasteiger partial charge in [-0.15, -0.1) is 0 Å². The molecule has 1 aliphatic rings. The minimum atomic E-state index is -0.287. The molecule has 1 heterocycles. The van der Waals surface area contributed by atoms with Crippen molar-refractivity contribution in [3.8, 4) is 5.75 Å². The van der Waals surface area contributed by atoms with Gasteiger partial charge in [-0.1, -0.05) is 69.5 Å². The molecule has 0 bridgehead atoms. The van der Waals surface area contributed by atoms with Gasteiger partial charge < -0.3 is 21.1 Å². The van der Waals surface area contributed by atoms with Gasteiger partial charge in [0.05, 0.1) is 10.6 Å². The Morgan fingerprint density at radius 3 is 2.28 bits per heavy atom. The number of nitrogens with two attached hydrogens (primary N) is 1. The van der Waals surface area contributed by atoms with Gasteiger partial charge >= 0.3 is 0 Å². The molecule has 4 N–H and O–H groups in total. The second-order valence-corrected chi connectivity index (χ2v) is 10.9. The molecule has 3 rings (SSSR count). The number of hydrogen-bond acceptors (Lipinski definition) is 4. The van der Waals surface area contributed by atoms with E-state index >= 15 is 0 Å².